The van der Waals surface area contributed by atoms with Crippen molar-refractivity contribution in [3.8, 4) is 6.07 Å². The van der Waals surface area contributed by atoms with Crippen LogP contribution in [-0.2, 0) is 6.42 Å². The van der Waals surface area contributed by atoms with Crippen LogP contribution in [-0.4, -0.2) is 41.4 Å². The molecule has 0 saturated heterocycles. The van der Waals surface area contributed by atoms with Crippen LogP contribution < -0.4 is 5.32 Å². The van der Waals surface area contributed by atoms with Crippen molar-refractivity contribution >= 4 is 5.69 Å². The predicted molar refractivity (Wildman–Crippen MR) is 90.9 cm³/mol. The number of anilines is 1. The molecule has 5 nitrogen and oxygen atoms in total. The number of nitrogens with one attached hydrogen (secondary N) is 1. The van der Waals surface area contributed by atoms with Crippen molar-refractivity contribution in [2.75, 3.05) is 31.7 Å². The summed E-state index contributed by atoms with van der Waals surface area (Å²) in [5.74, 6) is 0. The van der Waals surface area contributed by atoms with E-state index in [4.69, 9.17) is 5.26 Å². The molecule has 0 fully saturated rings. The Kier molecular flexibility index (Phi) is 7.05. The summed E-state index contributed by atoms with van der Waals surface area (Å²) in [7, 11) is 0. The molecule has 0 spiro atoms. The highest BCUT2D eigenvalue weighted by Gasteiger charge is 2.05. The largest absolute Gasteiger partial charge is 0.385 e. The maximum absolute atomic E-state index is 9.45. The smallest absolute Gasteiger partial charge is 0.140 e. The van der Waals surface area contributed by atoms with E-state index < -0.39 is 0 Å². The van der Waals surface area contributed by atoms with Gasteiger partial charge in [0.25, 0.3) is 0 Å². The minimum atomic E-state index is 0.0310. The van der Waals surface area contributed by atoms with Crippen LogP contribution in [0.5, 0.6) is 0 Å². The number of aliphatic hydroxyl groups is 1. The monoisotopic (exact) mass is 310 g/mol. The minimum Gasteiger partial charge on any atom is -0.385 e. The molecule has 0 saturated carbocycles. The number of para-hydroxylation sites is 1. The summed E-state index contributed by atoms with van der Waals surface area (Å²) in [6.07, 6.45) is 1.67. The highest BCUT2D eigenvalue weighted by atomic mass is 16.3. The van der Waals surface area contributed by atoms with E-state index in [0.717, 1.165) is 43.9 Å². The zero-order chi connectivity index (χ0) is 16.3. The molecule has 0 amide bonds. The maximum atomic E-state index is 9.45. The zero-order valence-corrected chi connectivity index (χ0v) is 13.2. The SMILES string of the molecule is N#Cc1cccc(CCN(CO)CCCNc2ccccc2)n1. The summed E-state index contributed by atoms with van der Waals surface area (Å²) in [4.78, 5) is 6.23. The summed E-state index contributed by atoms with van der Waals surface area (Å²) in [5.41, 5.74) is 2.43. The first-order valence-electron chi connectivity index (χ1n) is 7.80. The van der Waals surface area contributed by atoms with Gasteiger partial charge < -0.3 is 10.4 Å². The van der Waals surface area contributed by atoms with Gasteiger partial charge in [-0.1, -0.05) is 24.3 Å². The minimum absolute atomic E-state index is 0.0310. The van der Waals surface area contributed by atoms with Crippen molar-refractivity contribution in [3.63, 3.8) is 0 Å². The van der Waals surface area contributed by atoms with Gasteiger partial charge in [0.15, 0.2) is 0 Å². The van der Waals surface area contributed by atoms with Crippen LogP contribution in [0.25, 0.3) is 0 Å². The van der Waals surface area contributed by atoms with Gasteiger partial charge in [-0.3, -0.25) is 4.90 Å². The molecule has 2 N–H and O–H groups in total. The Bertz CT molecular complexity index is 624. The van der Waals surface area contributed by atoms with Crippen LogP contribution >= 0.6 is 0 Å². The van der Waals surface area contributed by atoms with Gasteiger partial charge in [0, 0.05) is 37.4 Å². The van der Waals surface area contributed by atoms with Crippen LogP contribution in [0.2, 0.25) is 0 Å². The molecule has 0 radical (unpaired) electrons. The lowest BCUT2D eigenvalue weighted by Gasteiger charge is -2.19. The van der Waals surface area contributed by atoms with E-state index in [1.165, 1.54) is 0 Å². The van der Waals surface area contributed by atoms with Gasteiger partial charge in [0.05, 0.1) is 6.73 Å². The zero-order valence-electron chi connectivity index (χ0n) is 13.2. The van der Waals surface area contributed by atoms with Crippen LogP contribution in [0.3, 0.4) is 0 Å². The third-order valence-electron chi connectivity index (χ3n) is 3.56. The van der Waals surface area contributed by atoms with Crippen molar-refractivity contribution in [1.82, 2.24) is 9.88 Å². The van der Waals surface area contributed by atoms with Gasteiger partial charge in [-0.15, -0.1) is 0 Å². The Morgan fingerprint density at radius 1 is 1.09 bits per heavy atom. The molecule has 0 aliphatic heterocycles. The molecule has 2 rings (SSSR count). The molecule has 5 heteroatoms. The fourth-order valence-corrected chi connectivity index (χ4v) is 2.30. The lowest BCUT2D eigenvalue weighted by Crippen LogP contribution is -2.29. The molecule has 0 unspecified atom stereocenters. The number of rotatable bonds is 9. The number of nitriles is 1. The van der Waals surface area contributed by atoms with E-state index in [0.29, 0.717) is 5.69 Å². The average Bonchev–Trinajstić information content (AvgIpc) is 2.62. The maximum Gasteiger partial charge on any atom is 0.140 e. The second-order valence-corrected chi connectivity index (χ2v) is 5.28. The molecule has 0 atom stereocenters. The van der Waals surface area contributed by atoms with E-state index in [1.54, 1.807) is 6.07 Å². The summed E-state index contributed by atoms with van der Waals surface area (Å²) in [6, 6.07) is 17.6. The third-order valence-corrected chi connectivity index (χ3v) is 3.56. The second-order valence-electron chi connectivity index (χ2n) is 5.28. The Morgan fingerprint density at radius 3 is 2.65 bits per heavy atom. The van der Waals surface area contributed by atoms with Gasteiger partial charge in [-0.05, 0) is 30.7 Å². The Balaban J connectivity index is 1.69. The fraction of sp³-hybridized carbons (Fsp3) is 0.333. The summed E-state index contributed by atoms with van der Waals surface area (Å²) < 4.78 is 0. The summed E-state index contributed by atoms with van der Waals surface area (Å²) in [5, 5.41) is 21.7. The molecule has 2 aromatic rings. The summed E-state index contributed by atoms with van der Waals surface area (Å²) in [6.45, 7) is 2.43. The van der Waals surface area contributed by atoms with Crippen molar-refractivity contribution in [1.29, 1.82) is 5.26 Å². The molecule has 1 aromatic heterocycles. The van der Waals surface area contributed by atoms with E-state index in [1.807, 2.05) is 53.4 Å². The normalized spacial score (nSPS) is 10.5. The fourth-order valence-electron chi connectivity index (χ4n) is 2.30. The van der Waals surface area contributed by atoms with Gasteiger partial charge in [0.1, 0.15) is 11.8 Å². The van der Waals surface area contributed by atoms with E-state index in [-0.39, 0.29) is 6.73 Å². The third kappa shape index (κ3) is 6.07. The first-order valence-corrected chi connectivity index (χ1v) is 7.80. The van der Waals surface area contributed by atoms with Gasteiger partial charge in [-0.2, -0.15) is 5.26 Å². The molecular weight excluding hydrogens is 288 g/mol. The Hall–Kier alpha value is -2.42. The molecule has 0 aliphatic rings. The highest BCUT2D eigenvalue weighted by molar-refractivity contribution is 5.42. The second kappa shape index (κ2) is 9.57. The van der Waals surface area contributed by atoms with E-state index in [9.17, 15) is 5.11 Å². The summed E-state index contributed by atoms with van der Waals surface area (Å²) >= 11 is 0. The number of hydrogen-bond acceptors (Lipinski definition) is 5. The van der Waals surface area contributed by atoms with Crippen LogP contribution in [0.1, 0.15) is 17.8 Å². The molecule has 0 bridgehead atoms. The van der Waals surface area contributed by atoms with Gasteiger partial charge in [0.2, 0.25) is 0 Å². The van der Waals surface area contributed by atoms with Gasteiger partial charge >= 0.3 is 0 Å². The number of nitrogens with zero attached hydrogens (tertiary/aromatic N) is 3. The molecule has 23 heavy (non-hydrogen) atoms. The number of pyridine rings is 1. The highest BCUT2D eigenvalue weighted by Crippen LogP contribution is 2.05. The van der Waals surface area contributed by atoms with Crippen molar-refractivity contribution < 1.29 is 5.11 Å². The van der Waals surface area contributed by atoms with Crippen LogP contribution in [0, 0.1) is 11.3 Å². The number of benzene rings is 1. The Labute approximate surface area is 137 Å². The van der Waals surface area contributed by atoms with E-state index in [2.05, 4.69) is 10.3 Å². The molecule has 120 valence electrons. The lowest BCUT2D eigenvalue weighted by atomic mass is 10.2. The first-order chi connectivity index (χ1) is 11.3. The average molecular weight is 310 g/mol. The first kappa shape index (κ1) is 16.9. The van der Waals surface area contributed by atoms with Crippen molar-refractivity contribution in [2.45, 2.75) is 12.8 Å². The van der Waals surface area contributed by atoms with Crippen LogP contribution in [0.15, 0.2) is 48.5 Å². The molecular formula is C18H22N4O. The Morgan fingerprint density at radius 2 is 1.91 bits per heavy atom. The van der Waals surface area contributed by atoms with Crippen molar-refractivity contribution in [3.05, 3.63) is 59.9 Å². The molecule has 1 heterocycles. The standard InChI is InChI=1S/C18H22N4O/c19-14-18-9-4-8-17(21-18)10-13-22(15-23)12-5-11-20-16-6-2-1-3-7-16/h1-4,6-9,20,23H,5,10-13,15H2. The topological polar surface area (TPSA) is 72.2 Å². The number of aliphatic hydroxyl groups excluding tert-OH is 1. The predicted octanol–water partition coefficient (Wildman–Crippen LogP) is 2.25. The van der Waals surface area contributed by atoms with Crippen molar-refractivity contribution in [2.24, 2.45) is 0 Å². The quantitative estimate of drug-likeness (QED) is 0.549. The number of hydrogen-bond donors (Lipinski definition) is 2. The van der Waals surface area contributed by atoms with E-state index >= 15 is 0 Å². The molecule has 0 aliphatic carbocycles. The van der Waals surface area contributed by atoms with Crippen LogP contribution in [0.4, 0.5) is 5.69 Å². The molecule has 1 aromatic carbocycles. The number of aromatic nitrogens is 1. The lowest BCUT2D eigenvalue weighted by molar-refractivity contribution is 0.108. The van der Waals surface area contributed by atoms with Gasteiger partial charge in [-0.25, -0.2) is 4.98 Å².